The van der Waals surface area contributed by atoms with Gasteiger partial charge < -0.3 is 14.2 Å². The van der Waals surface area contributed by atoms with E-state index in [4.69, 9.17) is 14.2 Å². The molecule has 1 saturated heterocycles. The molecule has 1 fully saturated rings. The molecule has 0 saturated carbocycles. The molecule has 0 amide bonds. The van der Waals surface area contributed by atoms with Gasteiger partial charge >= 0.3 is 0 Å². The highest BCUT2D eigenvalue weighted by molar-refractivity contribution is 9.09. The summed E-state index contributed by atoms with van der Waals surface area (Å²) >= 11 is 3.49. The van der Waals surface area contributed by atoms with Crippen LogP contribution in [0.1, 0.15) is 24.8 Å². The largest absolute Gasteiger partial charge is 0.356 e. The topological polar surface area (TPSA) is 27.7 Å². The number of benzene rings is 1. The normalized spacial score (nSPS) is 28.2. The Morgan fingerprint density at radius 3 is 2.83 bits per heavy atom. The van der Waals surface area contributed by atoms with Crippen LogP contribution in [0.5, 0.6) is 0 Å². The minimum absolute atomic E-state index is 0.160. The van der Waals surface area contributed by atoms with Crippen molar-refractivity contribution < 1.29 is 14.2 Å². The summed E-state index contributed by atoms with van der Waals surface area (Å²) in [6, 6.07) is 10.1. The Morgan fingerprint density at radius 1 is 1.39 bits per heavy atom. The van der Waals surface area contributed by atoms with Crippen molar-refractivity contribution in [3.63, 3.8) is 0 Å². The highest BCUT2D eigenvalue weighted by atomic mass is 79.9. The number of methoxy groups -OCH3 is 1. The predicted molar refractivity (Wildman–Crippen MR) is 73.5 cm³/mol. The lowest BCUT2D eigenvalue weighted by Crippen LogP contribution is -2.45. The highest BCUT2D eigenvalue weighted by Crippen LogP contribution is 2.32. The third-order valence-corrected chi connectivity index (χ3v) is 4.01. The second kappa shape index (κ2) is 6.66. The smallest absolute Gasteiger partial charge is 0.181 e. The summed E-state index contributed by atoms with van der Waals surface area (Å²) in [4.78, 5) is 0. The van der Waals surface area contributed by atoms with Crippen molar-refractivity contribution in [2.75, 3.05) is 12.4 Å². The first-order chi connectivity index (χ1) is 8.78. The van der Waals surface area contributed by atoms with Crippen LogP contribution in [0.3, 0.4) is 0 Å². The molecule has 0 spiro atoms. The van der Waals surface area contributed by atoms with Gasteiger partial charge in [0.25, 0.3) is 0 Å². The first-order valence-corrected chi connectivity index (χ1v) is 7.34. The van der Waals surface area contributed by atoms with Gasteiger partial charge in [-0.1, -0.05) is 46.3 Å². The quantitative estimate of drug-likeness (QED) is 0.779. The van der Waals surface area contributed by atoms with E-state index in [0.717, 1.165) is 24.8 Å². The number of rotatable bonds is 5. The van der Waals surface area contributed by atoms with Crippen molar-refractivity contribution in [3.05, 3.63) is 35.9 Å². The minimum atomic E-state index is -0.561. The van der Waals surface area contributed by atoms with Gasteiger partial charge in [0.05, 0.1) is 11.9 Å². The van der Waals surface area contributed by atoms with E-state index < -0.39 is 5.79 Å². The molecule has 0 N–H and O–H groups in total. The Labute approximate surface area is 117 Å². The van der Waals surface area contributed by atoms with Gasteiger partial charge in [0.1, 0.15) is 0 Å². The molecule has 2 unspecified atom stereocenters. The summed E-state index contributed by atoms with van der Waals surface area (Å²) in [5.74, 6) is -0.561. The van der Waals surface area contributed by atoms with E-state index >= 15 is 0 Å². The third kappa shape index (κ3) is 3.54. The van der Waals surface area contributed by atoms with Gasteiger partial charge in [-0.2, -0.15) is 0 Å². The summed E-state index contributed by atoms with van der Waals surface area (Å²) in [7, 11) is 1.67. The molecule has 0 radical (unpaired) electrons. The molecule has 0 aromatic heterocycles. The fourth-order valence-corrected chi connectivity index (χ4v) is 2.67. The Hall–Kier alpha value is -0.420. The fraction of sp³-hybridized carbons (Fsp3) is 0.571. The van der Waals surface area contributed by atoms with Crippen molar-refractivity contribution in [2.45, 2.75) is 37.9 Å². The van der Waals surface area contributed by atoms with Crippen LogP contribution in [0.2, 0.25) is 0 Å². The Balaban J connectivity index is 1.95. The van der Waals surface area contributed by atoms with Crippen LogP contribution < -0.4 is 0 Å². The molecule has 2 rings (SSSR count). The molecule has 1 aliphatic rings. The highest BCUT2D eigenvalue weighted by Gasteiger charge is 2.37. The molecule has 1 aromatic carbocycles. The van der Waals surface area contributed by atoms with E-state index in [-0.39, 0.29) is 6.29 Å². The van der Waals surface area contributed by atoms with Crippen molar-refractivity contribution >= 4 is 15.9 Å². The van der Waals surface area contributed by atoms with Gasteiger partial charge in [-0.25, -0.2) is 0 Å². The molecule has 1 aliphatic heterocycles. The lowest BCUT2D eigenvalue weighted by atomic mass is 10.1. The first kappa shape index (κ1) is 14.0. The number of ether oxygens (including phenoxy) is 3. The summed E-state index contributed by atoms with van der Waals surface area (Å²) in [6.07, 6.45) is 2.72. The molecule has 100 valence electrons. The number of halogens is 1. The Morgan fingerprint density at radius 2 is 2.17 bits per heavy atom. The molecule has 0 aliphatic carbocycles. The number of hydrogen-bond acceptors (Lipinski definition) is 3. The van der Waals surface area contributed by atoms with E-state index in [0.29, 0.717) is 11.9 Å². The zero-order chi connectivity index (χ0) is 12.8. The zero-order valence-corrected chi connectivity index (χ0v) is 12.2. The lowest BCUT2D eigenvalue weighted by molar-refractivity contribution is -0.318. The molecule has 1 heterocycles. The van der Waals surface area contributed by atoms with Crippen molar-refractivity contribution in [3.8, 4) is 0 Å². The monoisotopic (exact) mass is 314 g/mol. The second-order valence-corrected chi connectivity index (χ2v) is 5.05. The molecular weight excluding hydrogens is 296 g/mol. The summed E-state index contributed by atoms with van der Waals surface area (Å²) in [5.41, 5.74) is 1.15. The van der Waals surface area contributed by atoms with E-state index in [1.54, 1.807) is 7.11 Å². The van der Waals surface area contributed by atoms with E-state index in [2.05, 4.69) is 28.1 Å². The van der Waals surface area contributed by atoms with Crippen LogP contribution in [0, 0.1) is 0 Å². The van der Waals surface area contributed by atoms with E-state index in [1.807, 2.05) is 18.2 Å². The van der Waals surface area contributed by atoms with Gasteiger partial charge in [-0.3, -0.25) is 0 Å². The van der Waals surface area contributed by atoms with Crippen LogP contribution in [-0.4, -0.2) is 24.5 Å². The second-order valence-electron chi connectivity index (χ2n) is 4.49. The van der Waals surface area contributed by atoms with Gasteiger partial charge in [0, 0.05) is 13.5 Å². The molecule has 1 aromatic rings. The van der Waals surface area contributed by atoms with Crippen LogP contribution in [-0.2, 0) is 20.8 Å². The maximum atomic E-state index is 5.99. The average Bonchev–Trinajstić information content (AvgIpc) is 2.46. The summed E-state index contributed by atoms with van der Waals surface area (Å²) in [6.45, 7) is 0.558. The average molecular weight is 315 g/mol. The third-order valence-electron chi connectivity index (χ3n) is 3.15. The molecular formula is C14H19BrO3. The Bertz CT molecular complexity index is 357. The van der Waals surface area contributed by atoms with Gasteiger partial charge in [-0.05, 0) is 18.4 Å². The standard InChI is InChI=1S/C14H19BrO3/c1-16-13-8-5-9-14(11-15,18-13)17-10-12-6-3-2-4-7-12/h2-4,6-7,13H,5,8-11H2,1H3. The number of alkyl halides is 1. The first-order valence-electron chi connectivity index (χ1n) is 6.22. The maximum Gasteiger partial charge on any atom is 0.181 e. The lowest BCUT2D eigenvalue weighted by Gasteiger charge is -2.39. The maximum absolute atomic E-state index is 5.99. The van der Waals surface area contributed by atoms with Crippen LogP contribution in [0.4, 0.5) is 0 Å². The summed E-state index contributed by atoms with van der Waals surface area (Å²) < 4.78 is 17.2. The van der Waals surface area contributed by atoms with Crippen LogP contribution >= 0.6 is 15.9 Å². The molecule has 18 heavy (non-hydrogen) atoms. The summed E-state index contributed by atoms with van der Waals surface area (Å²) in [5, 5.41) is 0.659. The van der Waals surface area contributed by atoms with Crippen LogP contribution in [0.15, 0.2) is 30.3 Å². The fourth-order valence-electron chi connectivity index (χ4n) is 2.09. The van der Waals surface area contributed by atoms with Crippen LogP contribution in [0.25, 0.3) is 0 Å². The van der Waals surface area contributed by atoms with E-state index in [1.165, 1.54) is 0 Å². The van der Waals surface area contributed by atoms with Gasteiger partial charge in [-0.15, -0.1) is 0 Å². The molecule has 3 nitrogen and oxygen atoms in total. The predicted octanol–water partition coefficient (Wildman–Crippen LogP) is 3.47. The number of hydrogen-bond donors (Lipinski definition) is 0. The molecule has 0 bridgehead atoms. The Kier molecular flexibility index (Phi) is 5.18. The molecule has 4 heteroatoms. The molecule has 2 atom stereocenters. The van der Waals surface area contributed by atoms with Gasteiger partial charge in [0.15, 0.2) is 12.1 Å². The van der Waals surface area contributed by atoms with Crippen molar-refractivity contribution in [1.29, 1.82) is 0 Å². The van der Waals surface area contributed by atoms with Crippen molar-refractivity contribution in [1.82, 2.24) is 0 Å². The van der Waals surface area contributed by atoms with Crippen molar-refractivity contribution in [2.24, 2.45) is 0 Å². The SMILES string of the molecule is COC1CCCC(CBr)(OCc2ccccc2)O1. The van der Waals surface area contributed by atoms with E-state index in [9.17, 15) is 0 Å². The zero-order valence-electron chi connectivity index (χ0n) is 10.6. The minimum Gasteiger partial charge on any atom is -0.356 e. The van der Waals surface area contributed by atoms with Gasteiger partial charge in [0.2, 0.25) is 0 Å².